The maximum absolute atomic E-state index is 5.69. The van der Waals surface area contributed by atoms with Gasteiger partial charge < -0.3 is 15.4 Å². The summed E-state index contributed by atoms with van der Waals surface area (Å²) in [7, 11) is 0. The van der Waals surface area contributed by atoms with E-state index in [9.17, 15) is 0 Å². The maximum atomic E-state index is 5.69. The van der Waals surface area contributed by atoms with Crippen molar-refractivity contribution in [1.82, 2.24) is 10.6 Å². The summed E-state index contributed by atoms with van der Waals surface area (Å²) in [5.74, 6) is 0. The second-order valence-electron chi connectivity index (χ2n) is 3.65. The van der Waals surface area contributed by atoms with Gasteiger partial charge in [-0.3, -0.25) is 0 Å². The third kappa shape index (κ3) is 3.09. The molecule has 72 valence electrons. The first-order chi connectivity index (χ1) is 5.77. The summed E-state index contributed by atoms with van der Waals surface area (Å²) in [6, 6.07) is 0. The van der Waals surface area contributed by atoms with Crippen LogP contribution >= 0.6 is 0 Å². The minimum absolute atomic E-state index is 0.119. The molecule has 0 aromatic heterocycles. The summed E-state index contributed by atoms with van der Waals surface area (Å²) >= 11 is 0. The fraction of sp³-hybridized carbons (Fsp3) is 1.00. The lowest BCUT2D eigenvalue weighted by Gasteiger charge is -2.39. The Hall–Kier alpha value is -0.120. The van der Waals surface area contributed by atoms with Gasteiger partial charge in [0, 0.05) is 19.6 Å². The van der Waals surface area contributed by atoms with E-state index in [2.05, 4.69) is 24.5 Å². The van der Waals surface area contributed by atoms with E-state index in [1.54, 1.807) is 0 Å². The molecule has 1 heterocycles. The fourth-order valence-electron chi connectivity index (χ4n) is 1.25. The molecule has 1 rings (SSSR count). The molecule has 0 aromatic carbocycles. The van der Waals surface area contributed by atoms with Gasteiger partial charge in [-0.2, -0.15) is 0 Å². The van der Waals surface area contributed by atoms with E-state index in [-0.39, 0.29) is 5.60 Å². The van der Waals surface area contributed by atoms with Crippen LogP contribution in [0.2, 0.25) is 0 Å². The van der Waals surface area contributed by atoms with Crippen LogP contribution in [0.1, 0.15) is 20.3 Å². The summed E-state index contributed by atoms with van der Waals surface area (Å²) in [5, 5.41) is 6.52. The van der Waals surface area contributed by atoms with E-state index in [0.29, 0.717) is 0 Å². The fourth-order valence-corrected chi connectivity index (χ4v) is 1.25. The predicted octanol–water partition coefficient (Wildman–Crippen LogP) is 0.364. The van der Waals surface area contributed by atoms with Crippen molar-refractivity contribution in [2.45, 2.75) is 25.9 Å². The Morgan fingerprint density at radius 2 is 2.17 bits per heavy atom. The normalized spacial score (nSPS) is 20.5. The molecular weight excluding hydrogens is 152 g/mol. The minimum atomic E-state index is 0.119. The highest BCUT2D eigenvalue weighted by atomic mass is 16.5. The van der Waals surface area contributed by atoms with Crippen molar-refractivity contribution < 1.29 is 4.74 Å². The Bertz CT molecular complexity index is 124. The first-order valence-electron chi connectivity index (χ1n) is 4.82. The lowest BCUT2D eigenvalue weighted by Crippen LogP contribution is -2.59. The van der Waals surface area contributed by atoms with Crippen LogP contribution in [0.15, 0.2) is 0 Å². The molecule has 2 N–H and O–H groups in total. The zero-order valence-electron chi connectivity index (χ0n) is 8.15. The molecule has 1 aliphatic heterocycles. The Balaban J connectivity index is 1.88. The van der Waals surface area contributed by atoms with Crippen LogP contribution in [-0.2, 0) is 4.74 Å². The molecule has 1 fully saturated rings. The van der Waals surface area contributed by atoms with Gasteiger partial charge >= 0.3 is 0 Å². The number of nitrogens with one attached hydrogen (secondary N) is 2. The Labute approximate surface area is 74.9 Å². The standard InChI is InChI=1S/C9H20N2O/c1-3-4-10-5-6-12-9(2)7-11-8-9/h10-11H,3-8H2,1-2H3. The van der Waals surface area contributed by atoms with Crippen molar-refractivity contribution >= 4 is 0 Å². The largest absolute Gasteiger partial charge is 0.371 e. The predicted molar refractivity (Wildman–Crippen MR) is 50.4 cm³/mol. The average molecular weight is 172 g/mol. The van der Waals surface area contributed by atoms with Crippen molar-refractivity contribution in [3.05, 3.63) is 0 Å². The van der Waals surface area contributed by atoms with E-state index in [0.717, 1.165) is 32.8 Å². The molecule has 1 saturated heterocycles. The highest BCUT2D eigenvalue weighted by Gasteiger charge is 2.31. The van der Waals surface area contributed by atoms with Gasteiger partial charge in [0.25, 0.3) is 0 Å². The number of hydrogen-bond acceptors (Lipinski definition) is 3. The zero-order valence-corrected chi connectivity index (χ0v) is 8.15. The summed E-state index contributed by atoms with van der Waals surface area (Å²) in [6.45, 7) is 9.23. The first-order valence-corrected chi connectivity index (χ1v) is 4.82. The summed E-state index contributed by atoms with van der Waals surface area (Å²) in [5.41, 5.74) is 0.119. The molecule has 0 unspecified atom stereocenters. The van der Waals surface area contributed by atoms with Crippen LogP contribution in [0.5, 0.6) is 0 Å². The van der Waals surface area contributed by atoms with Gasteiger partial charge in [0.15, 0.2) is 0 Å². The van der Waals surface area contributed by atoms with Crippen LogP contribution in [0, 0.1) is 0 Å². The molecule has 1 aliphatic rings. The zero-order chi connectivity index (χ0) is 8.86. The number of rotatable bonds is 6. The van der Waals surface area contributed by atoms with Crippen LogP contribution < -0.4 is 10.6 Å². The maximum Gasteiger partial charge on any atom is 0.0902 e. The van der Waals surface area contributed by atoms with Crippen molar-refractivity contribution in [2.75, 3.05) is 32.8 Å². The van der Waals surface area contributed by atoms with E-state index in [1.807, 2.05) is 0 Å². The molecule has 0 bridgehead atoms. The summed E-state index contributed by atoms with van der Waals surface area (Å²) in [6.07, 6.45) is 1.19. The monoisotopic (exact) mass is 172 g/mol. The van der Waals surface area contributed by atoms with E-state index < -0.39 is 0 Å². The van der Waals surface area contributed by atoms with Gasteiger partial charge in [-0.15, -0.1) is 0 Å². The molecule has 0 spiro atoms. The van der Waals surface area contributed by atoms with E-state index in [4.69, 9.17) is 4.74 Å². The molecule has 0 aliphatic carbocycles. The molecule has 3 heteroatoms. The first kappa shape index (κ1) is 9.96. The molecule has 0 amide bonds. The van der Waals surface area contributed by atoms with Crippen molar-refractivity contribution in [2.24, 2.45) is 0 Å². The smallest absolute Gasteiger partial charge is 0.0902 e. The molecule has 0 atom stereocenters. The highest BCUT2D eigenvalue weighted by Crippen LogP contribution is 2.14. The van der Waals surface area contributed by atoms with Crippen molar-refractivity contribution in [3.8, 4) is 0 Å². The van der Waals surface area contributed by atoms with E-state index in [1.165, 1.54) is 6.42 Å². The molecule has 12 heavy (non-hydrogen) atoms. The third-order valence-electron chi connectivity index (χ3n) is 2.15. The second-order valence-corrected chi connectivity index (χ2v) is 3.65. The van der Waals surface area contributed by atoms with Gasteiger partial charge in [0.1, 0.15) is 0 Å². The van der Waals surface area contributed by atoms with Crippen LogP contribution in [-0.4, -0.2) is 38.4 Å². The highest BCUT2D eigenvalue weighted by molar-refractivity contribution is 4.90. The topological polar surface area (TPSA) is 33.3 Å². The van der Waals surface area contributed by atoms with Gasteiger partial charge in [0.05, 0.1) is 12.2 Å². The average Bonchev–Trinajstić information content (AvgIpc) is 2.01. The molecule has 0 aromatic rings. The van der Waals surface area contributed by atoms with Crippen LogP contribution in [0.4, 0.5) is 0 Å². The lowest BCUT2D eigenvalue weighted by atomic mass is 10.0. The van der Waals surface area contributed by atoms with Gasteiger partial charge in [0.2, 0.25) is 0 Å². The Morgan fingerprint density at radius 1 is 1.42 bits per heavy atom. The Kier molecular flexibility index (Phi) is 3.98. The minimum Gasteiger partial charge on any atom is -0.371 e. The van der Waals surface area contributed by atoms with E-state index >= 15 is 0 Å². The third-order valence-corrected chi connectivity index (χ3v) is 2.15. The van der Waals surface area contributed by atoms with Crippen LogP contribution in [0.3, 0.4) is 0 Å². The number of hydrogen-bond donors (Lipinski definition) is 2. The molecule has 0 radical (unpaired) electrons. The summed E-state index contributed by atoms with van der Waals surface area (Å²) < 4.78 is 5.69. The second kappa shape index (κ2) is 4.80. The quantitative estimate of drug-likeness (QED) is 0.568. The Morgan fingerprint density at radius 3 is 2.67 bits per heavy atom. The SMILES string of the molecule is CCCNCCOC1(C)CNC1. The molecule has 3 nitrogen and oxygen atoms in total. The van der Waals surface area contributed by atoms with Gasteiger partial charge in [-0.05, 0) is 19.9 Å². The lowest BCUT2D eigenvalue weighted by molar-refractivity contribution is -0.0647. The van der Waals surface area contributed by atoms with Crippen LogP contribution in [0.25, 0.3) is 0 Å². The van der Waals surface area contributed by atoms with Gasteiger partial charge in [-0.1, -0.05) is 6.92 Å². The molecular formula is C9H20N2O. The van der Waals surface area contributed by atoms with Crippen molar-refractivity contribution in [3.63, 3.8) is 0 Å². The summed E-state index contributed by atoms with van der Waals surface area (Å²) in [4.78, 5) is 0. The molecule has 0 saturated carbocycles. The van der Waals surface area contributed by atoms with Gasteiger partial charge in [-0.25, -0.2) is 0 Å². The number of ether oxygens (including phenoxy) is 1. The van der Waals surface area contributed by atoms with Crippen molar-refractivity contribution in [1.29, 1.82) is 0 Å².